The maximum Gasteiger partial charge on any atom is 0.134 e. The molecular formula is C16H12BrClFNO. The number of hydrogen-bond acceptors (Lipinski definition) is 2. The first-order valence-electron chi connectivity index (χ1n) is 6.39. The van der Waals surface area contributed by atoms with Crippen molar-refractivity contribution in [3.05, 3.63) is 69.1 Å². The minimum atomic E-state index is -0.275. The van der Waals surface area contributed by atoms with E-state index in [1.165, 1.54) is 12.1 Å². The maximum atomic E-state index is 13.3. The first-order valence-corrected chi connectivity index (χ1v) is 7.57. The van der Waals surface area contributed by atoms with Crippen LogP contribution in [0.25, 0.3) is 11.0 Å². The van der Waals surface area contributed by atoms with Gasteiger partial charge in [-0.25, -0.2) is 4.39 Å². The summed E-state index contributed by atoms with van der Waals surface area (Å²) >= 11 is 9.49. The molecule has 0 aliphatic heterocycles. The first-order chi connectivity index (χ1) is 10.1. The van der Waals surface area contributed by atoms with Gasteiger partial charge < -0.3 is 9.73 Å². The van der Waals surface area contributed by atoms with Crippen LogP contribution in [0.15, 0.2) is 51.4 Å². The highest BCUT2D eigenvalue weighted by Crippen LogP contribution is 2.33. The topological polar surface area (TPSA) is 25.2 Å². The number of benzene rings is 2. The fourth-order valence-electron chi connectivity index (χ4n) is 2.36. The van der Waals surface area contributed by atoms with Crippen molar-refractivity contribution in [2.75, 3.05) is 7.05 Å². The fraction of sp³-hybridized carbons (Fsp3) is 0.125. The van der Waals surface area contributed by atoms with Gasteiger partial charge in [-0.3, -0.25) is 0 Å². The van der Waals surface area contributed by atoms with E-state index in [4.69, 9.17) is 16.0 Å². The van der Waals surface area contributed by atoms with Crippen LogP contribution >= 0.6 is 27.5 Å². The lowest BCUT2D eigenvalue weighted by molar-refractivity contribution is 0.490. The molecule has 2 aromatic carbocycles. The van der Waals surface area contributed by atoms with Crippen LogP contribution in [0.3, 0.4) is 0 Å². The van der Waals surface area contributed by atoms with Crippen LogP contribution in [0.1, 0.15) is 17.4 Å². The van der Waals surface area contributed by atoms with Crippen molar-refractivity contribution < 1.29 is 8.81 Å². The van der Waals surface area contributed by atoms with E-state index in [9.17, 15) is 4.39 Å². The van der Waals surface area contributed by atoms with Crippen LogP contribution in [0.2, 0.25) is 5.02 Å². The number of rotatable bonds is 3. The minimum Gasteiger partial charge on any atom is -0.459 e. The van der Waals surface area contributed by atoms with Gasteiger partial charge in [-0.15, -0.1) is 0 Å². The van der Waals surface area contributed by atoms with Gasteiger partial charge in [-0.05, 0) is 49.0 Å². The number of furan rings is 1. The molecule has 3 aromatic rings. The van der Waals surface area contributed by atoms with Crippen molar-refractivity contribution in [1.29, 1.82) is 0 Å². The van der Waals surface area contributed by atoms with Crippen LogP contribution in [-0.4, -0.2) is 7.05 Å². The van der Waals surface area contributed by atoms with Crippen molar-refractivity contribution in [1.82, 2.24) is 5.32 Å². The largest absolute Gasteiger partial charge is 0.459 e. The SMILES string of the molecule is CNC(c1cc2cc(F)ccc2o1)c1ccc(Cl)cc1Br. The van der Waals surface area contributed by atoms with Gasteiger partial charge in [0.25, 0.3) is 0 Å². The Morgan fingerprint density at radius 1 is 1.19 bits per heavy atom. The third-order valence-electron chi connectivity index (χ3n) is 3.34. The van der Waals surface area contributed by atoms with Crippen LogP contribution in [-0.2, 0) is 0 Å². The summed E-state index contributed by atoms with van der Waals surface area (Å²) in [6.07, 6.45) is 0. The van der Waals surface area contributed by atoms with Crippen molar-refractivity contribution in [2.24, 2.45) is 0 Å². The molecule has 0 aliphatic carbocycles. The van der Waals surface area contributed by atoms with Gasteiger partial charge in [-0.2, -0.15) is 0 Å². The van der Waals surface area contributed by atoms with Gasteiger partial charge in [0.15, 0.2) is 0 Å². The van der Waals surface area contributed by atoms with E-state index in [0.717, 1.165) is 21.2 Å². The lowest BCUT2D eigenvalue weighted by Gasteiger charge is -2.16. The molecular weight excluding hydrogens is 357 g/mol. The highest BCUT2D eigenvalue weighted by Gasteiger charge is 2.19. The van der Waals surface area contributed by atoms with Crippen LogP contribution < -0.4 is 5.32 Å². The first kappa shape index (κ1) is 14.6. The molecule has 0 amide bonds. The molecule has 3 rings (SSSR count). The smallest absolute Gasteiger partial charge is 0.134 e. The third-order valence-corrected chi connectivity index (χ3v) is 4.27. The van der Waals surface area contributed by atoms with Crippen molar-refractivity contribution >= 4 is 38.5 Å². The summed E-state index contributed by atoms with van der Waals surface area (Å²) in [6, 6.07) is 11.8. The van der Waals surface area contributed by atoms with E-state index in [0.29, 0.717) is 10.6 Å². The Bertz CT molecular complexity index is 802. The third kappa shape index (κ3) is 2.84. The number of halogens is 3. The Morgan fingerprint density at radius 3 is 2.71 bits per heavy atom. The molecule has 0 fully saturated rings. The number of fused-ring (bicyclic) bond motifs is 1. The quantitative estimate of drug-likeness (QED) is 0.679. The molecule has 0 saturated heterocycles. The molecule has 2 nitrogen and oxygen atoms in total. The van der Waals surface area contributed by atoms with Crippen molar-refractivity contribution in [2.45, 2.75) is 6.04 Å². The highest BCUT2D eigenvalue weighted by atomic mass is 79.9. The molecule has 5 heteroatoms. The molecule has 21 heavy (non-hydrogen) atoms. The maximum absolute atomic E-state index is 13.3. The van der Waals surface area contributed by atoms with Gasteiger partial charge in [0.05, 0.1) is 6.04 Å². The zero-order valence-electron chi connectivity index (χ0n) is 11.2. The van der Waals surface area contributed by atoms with E-state index in [2.05, 4.69) is 21.2 Å². The summed E-state index contributed by atoms with van der Waals surface area (Å²) in [5.74, 6) is 0.449. The Morgan fingerprint density at radius 2 is 2.00 bits per heavy atom. The fourth-order valence-corrected chi connectivity index (χ4v) is 3.28. The highest BCUT2D eigenvalue weighted by molar-refractivity contribution is 9.10. The van der Waals surface area contributed by atoms with Gasteiger partial charge in [0, 0.05) is 14.9 Å². The standard InChI is InChI=1S/C16H12BrClFNO/c1-20-16(12-4-2-10(18)8-13(12)17)15-7-9-6-11(19)3-5-14(9)21-15/h2-8,16,20H,1H3. The zero-order chi connectivity index (χ0) is 15.0. The predicted octanol–water partition coefficient (Wildman–Crippen LogP) is 5.30. The Kier molecular flexibility index (Phi) is 4.02. The molecule has 1 aromatic heterocycles. The normalized spacial score (nSPS) is 12.8. The molecule has 1 atom stereocenters. The number of hydrogen-bond donors (Lipinski definition) is 1. The second-order valence-electron chi connectivity index (χ2n) is 4.72. The second kappa shape index (κ2) is 5.79. The molecule has 1 unspecified atom stereocenters. The second-order valence-corrected chi connectivity index (χ2v) is 6.01. The average Bonchev–Trinajstić information content (AvgIpc) is 2.84. The van der Waals surface area contributed by atoms with Gasteiger partial charge in [-0.1, -0.05) is 33.6 Å². The molecule has 0 spiro atoms. The van der Waals surface area contributed by atoms with E-state index < -0.39 is 0 Å². The summed E-state index contributed by atoms with van der Waals surface area (Å²) in [6.45, 7) is 0. The molecule has 1 N–H and O–H groups in total. The summed E-state index contributed by atoms with van der Waals surface area (Å²) in [5, 5.41) is 4.62. The monoisotopic (exact) mass is 367 g/mol. The average molecular weight is 369 g/mol. The van der Waals surface area contributed by atoms with Crippen molar-refractivity contribution in [3.63, 3.8) is 0 Å². The van der Waals surface area contributed by atoms with E-state index in [1.807, 2.05) is 31.3 Å². The zero-order valence-corrected chi connectivity index (χ0v) is 13.5. The van der Waals surface area contributed by atoms with E-state index >= 15 is 0 Å². The lowest BCUT2D eigenvalue weighted by Crippen LogP contribution is -2.17. The Labute approximate surface area is 135 Å². The van der Waals surface area contributed by atoms with Gasteiger partial charge >= 0.3 is 0 Å². The number of nitrogens with one attached hydrogen (secondary N) is 1. The summed E-state index contributed by atoms with van der Waals surface area (Å²) in [4.78, 5) is 0. The molecule has 0 radical (unpaired) electrons. The minimum absolute atomic E-state index is 0.146. The predicted molar refractivity (Wildman–Crippen MR) is 86.2 cm³/mol. The molecule has 0 bridgehead atoms. The van der Waals surface area contributed by atoms with E-state index in [-0.39, 0.29) is 11.9 Å². The Hall–Kier alpha value is -1.36. The molecule has 0 aliphatic rings. The Balaban J connectivity index is 2.09. The molecule has 108 valence electrons. The van der Waals surface area contributed by atoms with Crippen LogP contribution in [0.5, 0.6) is 0 Å². The van der Waals surface area contributed by atoms with Crippen LogP contribution in [0, 0.1) is 5.82 Å². The lowest BCUT2D eigenvalue weighted by atomic mass is 10.0. The molecule has 1 heterocycles. The van der Waals surface area contributed by atoms with Gasteiger partial charge in [0.1, 0.15) is 17.2 Å². The summed E-state index contributed by atoms with van der Waals surface area (Å²) in [7, 11) is 1.85. The van der Waals surface area contributed by atoms with Crippen LogP contribution in [0.4, 0.5) is 4.39 Å². The van der Waals surface area contributed by atoms with Crippen molar-refractivity contribution in [3.8, 4) is 0 Å². The molecule has 0 saturated carbocycles. The van der Waals surface area contributed by atoms with E-state index in [1.54, 1.807) is 6.07 Å². The summed E-state index contributed by atoms with van der Waals surface area (Å²) in [5.41, 5.74) is 1.66. The van der Waals surface area contributed by atoms with Gasteiger partial charge in [0.2, 0.25) is 0 Å². The summed E-state index contributed by atoms with van der Waals surface area (Å²) < 4.78 is 20.0.